The van der Waals surface area contributed by atoms with E-state index in [-0.39, 0.29) is 0 Å². The van der Waals surface area contributed by atoms with Gasteiger partial charge in [-0.2, -0.15) is 5.26 Å². The van der Waals surface area contributed by atoms with Gasteiger partial charge in [-0.3, -0.25) is 9.88 Å². The van der Waals surface area contributed by atoms with Crippen LogP contribution in [0.3, 0.4) is 0 Å². The van der Waals surface area contributed by atoms with Crippen LogP contribution in [0.2, 0.25) is 0 Å². The second-order valence-corrected chi connectivity index (χ2v) is 11.3. The van der Waals surface area contributed by atoms with Gasteiger partial charge in [0.25, 0.3) is 0 Å². The van der Waals surface area contributed by atoms with Crippen molar-refractivity contribution in [2.24, 2.45) is 5.92 Å². The topological polar surface area (TPSA) is 89.7 Å². The highest BCUT2D eigenvalue weighted by Crippen LogP contribution is 2.30. The average molecular weight is 567 g/mol. The zero-order valence-electron chi connectivity index (χ0n) is 25.1. The molecular formula is C35H42N4O3. The van der Waals surface area contributed by atoms with Crippen LogP contribution in [0.5, 0.6) is 0 Å². The fraction of sp³-hybridized carbons (Fsp3) is 0.400. The van der Waals surface area contributed by atoms with Crippen LogP contribution in [-0.2, 0) is 11.2 Å². The summed E-state index contributed by atoms with van der Waals surface area (Å²) in [5.41, 5.74) is 7.59. The highest BCUT2D eigenvalue weighted by Gasteiger charge is 2.27. The summed E-state index contributed by atoms with van der Waals surface area (Å²) >= 11 is 0. The quantitative estimate of drug-likeness (QED) is 0.322. The summed E-state index contributed by atoms with van der Waals surface area (Å²) in [6.45, 7) is 15.7. The molecule has 7 nitrogen and oxygen atoms in total. The van der Waals surface area contributed by atoms with E-state index < -0.39 is 5.97 Å². The average Bonchev–Trinajstić information content (AvgIpc) is 2.98. The molecule has 2 aliphatic heterocycles. The van der Waals surface area contributed by atoms with E-state index in [1.165, 1.54) is 11.3 Å². The van der Waals surface area contributed by atoms with E-state index in [4.69, 9.17) is 15.0 Å². The van der Waals surface area contributed by atoms with Crippen LogP contribution in [0.4, 0.5) is 5.69 Å². The Morgan fingerprint density at radius 2 is 1.83 bits per heavy atom. The van der Waals surface area contributed by atoms with E-state index in [1.54, 1.807) is 12.1 Å². The molecule has 0 amide bonds. The van der Waals surface area contributed by atoms with Crippen LogP contribution in [0.15, 0.2) is 72.9 Å². The number of nitrogens with zero attached hydrogens (tertiary/aromatic N) is 4. The Morgan fingerprint density at radius 3 is 2.40 bits per heavy atom. The minimum Gasteiger partial charge on any atom is -0.478 e. The van der Waals surface area contributed by atoms with E-state index in [0.717, 1.165) is 86.9 Å². The fourth-order valence-electron chi connectivity index (χ4n) is 5.42. The third-order valence-corrected chi connectivity index (χ3v) is 8.09. The summed E-state index contributed by atoms with van der Waals surface area (Å²) in [6, 6.07) is 21.4. The maximum Gasteiger partial charge on any atom is 0.335 e. The minimum absolute atomic E-state index is 0.305. The first-order valence-corrected chi connectivity index (χ1v) is 14.8. The molecule has 5 rings (SSSR count). The second kappa shape index (κ2) is 14.8. The van der Waals surface area contributed by atoms with Gasteiger partial charge in [0, 0.05) is 47.7 Å². The summed E-state index contributed by atoms with van der Waals surface area (Å²) < 4.78 is 5.39. The molecule has 7 heteroatoms. The van der Waals surface area contributed by atoms with Crippen molar-refractivity contribution in [2.75, 3.05) is 44.3 Å². The Labute approximate surface area is 250 Å². The number of rotatable bonds is 9. The van der Waals surface area contributed by atoms with Crippen LogP contribution in [0.25, 0.3) is 0 Å². The monoisotopic (exact) mass is 566 g/mol. The predicted molar refractivity (Wildman–Crippen MR) is 167 cm³/mol. The van der Waals surface area contributed by atoms with Gasteiger partial charge in [0.2, 0.25) is 0 Å². The number of benzene rings is 2. The van der Waals surface area contributed by atoms with Crippen LogP contribution in [-0.4, -0.2) is 60.4 Å². The van der Waals surface area contributed by atoms with Crippen LogP contribution in [0, 0.1) is 31.1 Å². The molecule has 0 spiro atoms. The lowest BCUT2D eigenvalue weighted by molar-refractivity contribution is -0.0272. The van der Waals surface area contributed by atoms with E-state index >= 15 is 0 Å². The molecule has 0 unspecified atom stereocenters. The van der Waals surface area contributed by atoms with Crippen molar-refractivity contribution in [3.05, 3.63) is 107 Å². The van der Waals surface area contributed by atoms with Crippen LogP contribution >= 0.6 is 0 Å². The van der Waals surface area contributed by atoms with Crippen molar-refractivity contribution in [1.29, 1.82) is 5.26 Å². The molecule has 2 aliphatic rings. The molecular weight excluding hydrogens is 524 g/mol. The Morgan fingerprint density at radius 1 is 1.12 bits per heavy atom. The first kappa shape index (κ1) is 31.0. The zero-order chi connectivity index (χ0) is 30.1. The number of aryl methyl sites for hydroxylation is 3. The number of anilines is 1. The number of hydrogen-bond donors (Lipinski definition) is 1. The molecule has 2 aromatic carbocycles. The third kappa shape index (κ3) is 8.28. The summed E-state index contributed by atoms with van der Waals surface area (Å²) in [4.78, 5) is 21.0. The second-order valence-electron chi connectivity index (χ2n) is 11.3. The number of aromatic carboxylic acids is 1. The van der Waals surface area contributed by atoms with Gasteiger partial charge in [0.15, 0.2) is 0 Å². The van der Waals surface area contributed by atoms with Gasteiger partial charge in [-0.1, -0.05) is 37.8 Å². The third-order valence-electron chi connectivity index (χ3n) is 8.09. The summed E-state index contributed by atoms with van der Waals surface area (Å²) in [5, 5.41) is 17.9. The molecule has 0 atom stereocenters. The molecule has 2 saturated heterocycles. The number of nitriles is 1. The lowest BCUT2D eigenvalue weighted by Gasteiger charge is -2.38. The largest absolute Gasteiger partial charge is 0.478 e. The molecule has 2 fully saturated rings. The molecule has 3 aromatic rings. The Balaban J connectivity index is 0.000000343. The van der Waals surface area contributed by atoms with Crippen molar-refractivity contribution < 1.29 is 14.6 Å². The molecule has 0 radical (unpaired) electrons. The van der Waals surface area contributed by atoms with E-state index in [9.17, 15) is 9.90 Å². The first-order chi connectivity index (χ1) is 20.3. The standard InChI is InChI=1S/C26H33N3O3.C9H9N/c1-18-7-8-23(26(30)31)13-25(18)29(15-21-16-32-17-21)20(3)14-28-11-9-22(10-12-28)24-6-4-5-19(2)27-24;1-2-8-3-5-9(7-10)6-4-8/h4-8,13,21-22H,3,9-12,14-17H2,1-2H3,(H,30,31);3-6H,2H2,1H3. The maximum atomic E-state index is 11.6. The highest BCUT2D eigenvalue weighted by atomic mass is 16.5. The molecule has 1 N–H and O–H groups in total. The van der Waals surface area contributed by atoms with Crippen LogP contribution < -0.4 is 4.90 Å². The lowest BCUT2D eigenvalue weighted by atomic mass is 9.93. The number of carboxylic acid groups (broad SMARTS) is 1. The van der Waals surface area contributed by atoms with Gasteiger partial charge in [-0.15, -0.1) is 0 Å². The summed E-state index contributed by atoms with van der Waals surface area (Å²) in [7, 11) is 0. The van der Waals surface area contributed by atoms with Gasteiger partial charge in [-0.05, 0) is 93.7 Å². The maximum absolute atomic E-state index is 11.6. The zero-order valence-corrected chi connectivity index (χ0v) is 25.1. The van der Waals surface area contributed by atoms with E-state index in [0.29, 0.717) is 17.4 Å². The van der Waals surface area contributed by atoms with Crippen molar-refractivity contribution >= 4 is 11.7 Å². The van der Waals surface area contributed by atoms with Crippen molar-refractivity contribution in [1.82, 2.24) is 9.88 Å². The highest BCUT2D eigenvalue weighted by molar-refractivity contribution is 5.89. The normalized spacial score (nSPS) is 15.6. The molecule has 1 aromatic heterocycles. The Hall–Kier alpha value is -3.99. The molecule has 220 valence electrons. The van der Waals surface area contributed by atoms with Gasteiger partial charge in [0.05, 0.1) is 30.4 Å². The van der Waals surface area contributed by atoms with Gasteiger partial charge >= 0.3 is 5.97 Å². The number of aromatic nitrogens is 1. The van der Waals surface area contributed by atoms with Gasteiger partial charge in [-0.25, -0.2) is 4.79 Å². The fourth-order valence-corrected chi connectivity index (χ4v) is 5.42. The minimum atomic E-state index is -0.907. The molecule has 42 heavy (non-hydrogen) atoms. The number of piperidine rings is 1. The first-order valence-electron chi connectivity index (χ1n) is 14.8. The number of carboxylic acids is 1. The number of ether oxygens (including phenoxy) is 1. The van der Waals surface area contributed by atoms with Gasteiger partial charge < -0.3 is 14.7 Å². The van der Waals surface area contributed by atoms with Crippen molar-refractivity contribution in [3.8, 4) is 6.07 Å². The van der Waals surface area contributed by atoms with Gasteiger partial charge in [0.1, 0.15) is 0 Å². The number of pyridine rings is 1. The van der Waals surface area contributed by atoms with Crippen molar-refractivity contribution in [3.63, 3.8) is 0 Å². The summed E-state index contributed by atoms with van der Waals surface area (Å²) in [5.74, 6) is 0.0468. The number of carbonyl (C=O) groups is 1. The molecule has 0 bridgehead atoms. The lowest BCUT2D eigenvalue weighted by Crippen LogP contribution is -2.43. The number of hydrogen-bond acceptors (Lipinski definition) is 6. The SMILES string of the molecule is C=C(CN1CCC(c2cccc(C)n2)CC1)N(CC1COC1)c1cc(C(=O)O)ccc1C.CCc1ccc(C#N)cc1. The Bertz CT molecular complexity index is 1400. The van der Waals surface area contributed by atoms with Crippen LogP contribution in [0.1, 0.15) is 64.1 Å². The van der Waals surface area contributed by atoms with Crippen molar-refractivity contribution in [2.45, 2.75) is 46.0 Å². The molecule has 0 aliphatic carbocycles. The Kier molecular flexibility index (Phi) is 10.9. The molecule has 0 saturated carbocycles. The summed E-state index contributed by atoms with van der Waals surface area (Å²) in [6.07, 6.45) is 3.22. The van der Waals surface area contributed by atoms with E-state index in [1.807, 2.05) is 50.2 Å². The van der Waals surface area contributed by atoms with E-state index in [2.05, 4.69) is 41.5 Å². The number of likely N-dealkylation sites (tertiary alicyclic amines) is 1. The molecule has 3 heterocycles. The smallest absolute Gasteiger partial charge is 0.335 e. The predicted octanol–water partition coefficient (Wildman–Crippen LogP) is 6.36.